The summed E-state index contributed by atoms with van der Waals surface area (Å²) in [6.45, 7) is 2.37. The number of carbonyl (C=O) groups excluding carboxylic acids is 1. The van der Waals surface area contributed by atoms with Gasteiger partial charge in [0.1, 0.15) is 11.2 Å². The monoisotopic (exact) mass is 394 g/mol. The standard InChI is InChI=1S/C17H16BrFN2OS/c1-11-2-7-14(10-15(11)19)20-17(22)21-8-9-23-16(21)12-3-5-13(18)6-4-12/h2-7,10,16H,8-9H2,1H3,(H,20,22). The Hall–Kier alpha value is -1.53. The molecule has 23 heavy (non-hydrogen) atoms. The van der Waals surface area contributed by atoms with Crippen molar-refractivity contribution in [1.29, 1.82) is 0 Å². The Morgan fingerprint density at radius 1 is 1.30 bits per heavy atom. The number of benzene rings is 2. The van der Waals surface area contributed by atoms with Crippen molar-refractivity contribution in [2.75, 3.05) is 17.6 Å². The molecule has 1 fully saturated rings. The molecule has 120 valence electrons. The summed E-state index contributed by atoms with van der Waals surface area (Å²) < 4.78 is 14.6. The van der Waals surface area contributed by atoms with E-state index < -0.39 is 0 Å². The molecular weight excluding hydrogens is 379 g/mol. The SMILES string of the molecule is Cc1ccc(NC(=O)N2CCSC2c2ccc(Br)cc2)cc1F. The molecule has 0 spiro atoms. The molecule has 1 heterocycles. The van der Waals surface area contributed by atoms with Gasteiger partial charge in [0.05, 0.1) is 0 Å². The maximum atomic E-state index is 13.6. The first-order valence-electron chi connectivity index (χ1n) is 7.25. The van der Waals surface area contributed by atoms with E-state index in [1.807, 2.05) is 24.3 Å². The Labute approximate surface area is 147 Å². The van der Waals surface area contributed by atoms with E-state index in [1.54, 1.807) is 35.7 Å². The fourth-order valence-electron chi connectivity index (χ4n) is 2.45. The van der Waals surface area contributed by atoms with Crippen LogP contribution < -0.4 is 5.32 Å². The lowest BCUT2D eigenvalue weighted by Gasteiger charge is -2.24. The maximum Gasteiger partial charge on any atom is 0.323 e. The highest BCUT2D eigenvalue weighted by Crippen LogP contribution is 2.38. The number of amides is 2. The van der Waals surface area contributed by atoms with Crippen molar-refractivity contribution >= 4 is 39.4 Å². The molecule has 0 bridgehead atoms. The van der Waals surface area contributed by atoms with Crippen LogP contribution >= 0.6 is 27.7 Å². The maximum absolute atomic E-state index is 13.6. The van der Waals surface area contributed by atoms with E-state index in [1.165, 1.54) is 6.07 Å². The van der Waals surface area contributed by atoms with Gasteiger partial charge in [0.15, 0.2) is 0 Å². The molecule has 1 aliphatic heterocycles. The van der Waals surface area contributed by atoms with Crippen molar-refractivity contribution in [3.63, 3.8) is 0 Å². The van der Waals surface area contributed by atoms with Crippen LogP contribution in [0.15, 0.2) is 46.9 Å². The minimum atomic E-state index is -0.317. The average molecular weight is 395 g/mol. The Bertz CT molecular complexity index is 723. The molecule has 0 radical (unpaired) electrons. The predicted molar refractivity (Wildman–Crippen MR) is 96.2 cm³/mol. The third kappa shape index (κ3) is 3.70. The van der Waals surface area contributed by atoms with Crippen LogP contribution in [-0.4, -0.2) is 23.2 Å². The summed E-state index contributed by atoms with van der Waals surface area (Å²) in [6.07, 6.45) is 0. The molecule has 0 saturated carbocycles. The van der Waals surface area contributed by atoms with Crippen LogP contribution in [0.2, 0.25) is 0 Å². The van der Waals surface area contributed by atoms with Crippen LogP contribution in [0.1, 0.15) is 16.5 Å². The molecule has 6 heteroatoms. The zero-order valence-electron chi connectivity index (χ0n) is 12.6. The van der Waals surface area contributed by atoms with Gasteiger partial charge in [-0.05, 0) is 42.3 Å². The fraction of sp³-hybridized carbons (Fsp3) is 0.235. The van der Waals surface area contributed by atoms with Crippen LogP contribution in [-0.2, 0) is 0 Å². The molecule has 2 aromatic carbocycles. The number of urea groups is 1. The van der Waals surface area contributed by atoms with E-state index in [-0.39, 0.29) is 17.2 Å². The summed E-state index contributed by atoms with van der Waals surface area (Å²) in [6, 6.07) is 12.5. The second kappa shape index (κ2) is 6.93. The van der Waals surface area contributed by atoms with Crippen molar-refractivity contribution in [2.45, 2.75) is 12.3 Å². The van der Waals surface area contributed by atoms with Gasteiger partial charge in [-0.2, -0.15) is 0 Å². The van der Waals surface area contributed by atoms with Gasteiger partial charge in [-0.1, -0.05) is 34.1 Å². The van der Waals surface area contributed by atoms with Gasteiger partial charge in [-0.3, -0.25) is 0 Å². The van der Waals surface area contributed by atoms with Gasteiger partial charge in [0, 0.05) is 22.5 Å². The second-order valence-electron chi connectivity index (χ2n) is 5.36. The average Bonchev–Trinajstić information content (AvgIpc) is 3.01. The number of hydrogen-bond donors (Lipinski definition) is 1. The smallest absolute Gasteiger partial charge is 0.308 e. The van der Waals surface area contributed by atoms with Gasteiger partial charge in [-0.25, -0.2) is 9.18 Å². The molecule has 1 unspecified atom stereocenters. The minimum absolute atomic E-state index is 0.0154. The number of rotatable bonds is 2. The number of anilines is 1. The Balaban J connectivity index is 1.75. The third-order valence-corrected chi connectivity index (χ3v) is 5.52. The highest BCUT2D eigenvalue weighted by atomic mass is 79.9. The molecule has 2 aromatic rings. The van der Waals surface area contributed by atoms with Gasteiger partial charge >= 0.3 is 6.03 Å². The predicted octanol–water partition coefficient (Wildman–Crippen LogP) is 5.18. The van der Waals surface area contributed by atoms with E-state index in [0.29, 0.717) is 17.8 Å². The van der Waals surface area contributed by atoms with Crippen molar-refractivity contribution < 1.29 is 9.18 Å². The second-order valence-corrected chi connectivity index (χ2v) is 7.47. The van der Waals surface area contributed by atoms with E-state index in [2.05, 4.69) is 21.2 Å². The summed E-state index contributed by atoms with van der Waals surface area (Å²) in [5.74, 6) is 0.569. The molecule has 3 rings (SSSR count). The zero-order valence-corrected chi connectivity index (χ0v) is 15.0. The van der Waals surface area contributed by atoms with Gasteiger partial charge < -0.3 is 10.2 Å². The van der Waals surface area contributed by atoms with Crippen LogP contribution in [0.5, 0.6) is 0 Å². The molecule has 1 atom stereocenters. The van der Waals surface area contributed by atoms with Crippen LogP contribution in [0.25, 0.3) is 0 Å². The first-order valence-corrected chi connectivity index (χ1v) is 9.09. The first-order chi connectivity index (χ1) is 11.0. The Kier molecular flexibility index (Phi) is 4.92. The third-order valence-electron chi connectivity index (χ3n) is 3.73. The molecule has 1 aliphatic rings. The van der Waals surface area contributed by atoms with Crippen LogP contribution in [0, 0.1) is 12.7 Å². The normalized spacial score (nSPS) is 17.3. The highest BCUT2D eigenvalue weighted by Gasteiger charge is 2.30. The Morgan fingerprint density at radius 2 is 2.04 bits per heavy atom. The number of nitrogens with zero attached hydrogens (tertiary/aromatic N) is 1. The topological polar surface area (TPSA) is 32.3 Å². The minimum Gasteiger partial charge on any atom is -0.308 e. The number of hydrogen-bond acceptors (Lipinski definition) is 2. The fourth-order valence-corrected chi connectivity index (χ4v) is 3.97. The lowest BCUT2D eigenvalue weighted by molar-refractivity contribution is 0.214. The first kappa shape index (κ1) is 16.3. The summed E-state index contributed by atoms with van der Waals surface area (Å²) in [5, 5.41) is 2.77. The van der Waals surface area contributed by atoms with Gasteiger partial charge in [0.25, 0.3) is 0 Å². The summed E-state index contributed by atoms with van der Waals surface area (Å²) in [5.41, 5.74) is 2.12. The van der Waals surface area contributed by atoms with Crippen molar-refractivity contribution in [3.8, 4) is 0 Å². The van der Waals surface area contributed by atoms with Gasteiger partial charge in [0.2, 0.25) is 0 Å². The highest BCUT2D eigenvalue weighted by molar-refractivity contribution is 9.10. The number of carbonyl (C=O) groups is 1. The summed E-state index contributed by atoms with van der Waals surface area (Å²) >= 11 is 5.15. The summed E-state index contributed by atoms with van der Waals surface area (Å²) in [4.78, 5) is 14.3. The van der Waals surface area contributed by atoms with E-state index in [0.717, 1.165) is 15.8 Å². The Morgan fingerprint density at radius 3 is 2.74 bits per heavy atom. The number of aryl methyl sites for hydroxylation is 1. The lowest BCUT2D eigenvalue weighted by atomic mass is 10.2. The van der Waals surface area contributed by atoms with Gasteiger partial charge in [-0.15, -0.1) is 11.8 Å². The molecule has 0 aromatic heterocycles. The van der Waals surface area contributed by atoms with Crippen LogP contribution in [0.4, 0.5) is 14.9 Å². The molecular formula is C17H16BrFN2OS. The van der Waals surface area contributed by atoms with E-state index in [4.69, 9.17) is 0 Å². The van der Waals surface area contributed by atoms with Crippen LogP contribution in [0.3, 0.4) is 0 Å². The number of halogens is 2. The van der Waals surface area contributed by atoms with Crippen molar-refractivity contribution in [2.24, 2.45) is 0 Å². The molecule has 0 aliphatic carbocycles. The van der Waals surface area contributed by atoms with Crippen molar-refractivity contribution in [3.05, 3.63) is 63.9 Å². The molecule has 1 saturated heterocycles. The molecule has 1 N–H and O–H groups in total. The quantitative estimate of drug-likeness (QED) is 0.761. The van der Waals surface area contributed by atoms with E-state index in [9.17, 15) is 9.18 Å². The zero-order chi connectivity index (χ0) is 16.4. The summed E-state index contributed by atoms with van der Waals surface area (Å²) in [7, 11) is 0. The van der Waals surface area contributed by atoms with E-state index >= 15 is 0 Å². The largest absolute Gasteiger partial charge is 0.323 e. The number of thioether (sulfide) groups is 1. The molecule has 3 nitrogen and oxygen atoms in total. The van der Waals surface area contributed by atoms with Crippen molar-refractivity contribution in [1.82, 2.24) is 4.90 Å². The number of nitrogens with one attached hydrogen (secondary N) is 1. The lowest BCUT2D eigenvalue weighted by Crippen LogP contribution is -2.34. The molecule has 2 amide bonds.